The number of fused-ring (bicyclic) bond motifs is 1. The Kier molecular flexibility index (Phi) is 3.71. The van der Waals surface area contributed by atoms with E-state index in [4.69, 9.17) is 9.47 Å². The molecule has 2 aromatic rings. The molecular formula is C17H19NO3. The molecule has 1 aliphatic heterocycles. The number of anilines is 1. The van der Waals surface area contributed by atoms with Crippen molar-refractivity contribution in [3.05, 3.63) is 53.6 Å². The summed E-state index contributed by atoms with van der Waals surface area (Å²) in [5.74, 6) is 1.43. The van der Waals surface area contributed by atoms with Crippen molar-refractivity contribution in [3.8, 4) is 11.5 Å². The summed E-state index contributed by atoms with van der Waals surface area (Å²) in [6.45, 7) is 2.83. The first kappa shape index (κ1) is 13.8. The number of likely N-dealkylation sites (N-methyl/N-ethyl adjacent to an activating group) is 1. The van der Waals surface area contributed by atoms with Crippen molar-refractivity contribution >= 4 is 5.69 Å². The van der Waals surface area contributed by atoms with E-state index in [9.17, 15) is 5.11 Å². The van der Waals surface area contributed by atoms with E-state index in [1.165, 1.54) is 5.56 Å². The largest absolute Gasteiger partial charge is 0.454 e. The van der Waals surface area contributed by atoms with Crippen molar-refractivity contribution in [1.82, 2.24) is 0 Å². The molecule has 1 N–H and O–H groups in total. The van der Waals surface area contributed by atoms with Crippen LogP contribution in [-0.2, 0) is 0 Å². The van der Waals surface area contributed by atoms with Gasteiger partial charge in [0.15, 0.2) is 11.5 Å². The zero-order valence-corrected chi connectivity index (χ0v) is 12.2. The Bertz CT molecular complexity index is 642. The second-order valence-corrected chi connectivity index (χ2v) is 5.35. The Labute approximate surface area is 124 Å². The topological polar surface area (TPSA) is 41.9 Å². The molecule has 3 rings (SSSR count). The molecule has 1 atom stereocenters. The fraction of sp³-hybridized carbons (Fsp3) is 0.294. The maximum atomic E-state index is 10.4. The fourth-order valence-corrected chi connectivity index (χ4v) is 2.46. The Morgan fingerprint density at radius 1 is 1.14 bits per heavy atom. The first-order chi connectivity index (χ1) is 10.1. The number of benzene rings is 2. The van der Waals surface area contributed by atoms with E-state index in [1.54, 1.807) is 0 Å². The molecule has 0 amide bonds. The van der Waals surface area contributed by atoms with Crippen LogP contribution in [0.3, 0.4) is 0 Å². The number of hydrogen-bond donors (Lipinski definition) is 1. The molecule has 0 radical (unpaired) electrons. The summed E-state index contributed by atoms with van der Waals surface area (Å²) in [4.78, 5) is 2.04. The van der Waals surface area contributed by atoms with E-state index in [2.05, 4.69) is 19.1 Å². The molecule has 4 nitrogen and oxygen atoms in total. The van der Waals surface area contributed by atoms with Gasteiger partial charge in [-0.2, -0.15) is 0 Å². The molecule has 0 bridgehead atoms. The van der Waals surface area contributed by atoms with Crippen LogP contribution < -0.4 is 14.4 Å². The lowest BCUT2D eigenvalue weighted by Crippen LogP contribution is -2.24. The Hall–Kier alpha value is -2.20. The molecule has 2 aromatic carbocycles. The normalized spacial score (nSPS) is 14.0. The first-order valence-corrected chi connectivity index (χ1v) is 6.99. The van der Waals surface area contributed by atoms with Gasteiger partial charge in [0, 0.05) is 19.3 Å². The van der Waals surface area contributed by atoms with Gasteiger partial charge in [0.1, 0.15) is 0 Å². The summed E-state index contributed by atoms with van der Waals surface area (Å²) in [7, 11) is 1.98. The highest BCUT2D eigenvalue weighted by atomic mass is 16.7. The highest BCUT2D eigenvalue weighted by Gasteiger charge is 2.17. The monoisotopic (exact) mass is 285 g/mol. The maximum Gasteiger partial charge on any atom is 0.231 e. The van der Waals surface area contributed by atoms with Crippen molar-refractivity contribution < 1.29 is 14.6 Å². The lowest BCUT2D eigenvalue weighted by molar-refractivity contribution is 0.172. The fourth-order valence-electron chi connectivity index (χ4n) is 2.46. The Morgan fingerprint density at radius 3 is 2.76 bits per heavy atom. The Balaban J connectivity index is 1.72. The van der Waals surface area contributed by atoms with Gasteiger partial charge in [-0.25, -0.2) is 0 Å². The van der Waals surface area contributed by atoms with Gasteiger partial charge in [-0.05, 0) is 42.3 Å². The highest BCUT2D eigenvalue weighted by molar-refractivity contribution is 5.49. The van der Waals surface area contributed by atoms with E-state index < -0.39 is 6.10 Å². The van der Waals surface area contributed by atoms with E-state index in [0.717, 1.165) is 17.0 Å². The number of aliphatic hydroxyl groups is 1. The number of nitrogens with zero attached hydrogens (tertiary/aromatic N) is 1. The SMILES string of the molecule is Cc1cccc(N(C)CC(O)c2ccc3c(c2)OCO3)c1. The molecule has 0 spiro atoms. The second kappa shape index (κ2) is 5.66. The number of aliphatic hydroxyl groups excluding tert-OH is 1. The van der Waals surface area contributed by atoms with E-state index in [0.29, 0.717) is 12.3 Å². The van der Waals surface area contributed by atoms with Crippen molar-refractivity contribution in [3.63, 3.8) is 0 Å². The van der Waals surface area contributed by atoms with Gasteiger partial charge in [0.2, 0.25) is 6.79 Å². The van der Waals surface area contributed by atoms with Crippen molar-refractivity contribution in [2.45, 2.75) is 13.0 Å². The van der Waals surface area contributed by atoms with Gasteiger partial charge in [-0.1, -0.05) is 18.2 Å². The minimum absolute atomic E-state index is 0.248. The summed E-state index contributed by atoms with van der Waals surface area (Å²) < 4.78 is 10.6. The predicted molar refractivity (Wildman–Crippen MR) is 82.0 cm³/mol. The van der Waals surface area contributed by atoms with E-state index >= 15 is 0 Å². The standard InChI is InChI=1S/C17H19NO3/c1-12-4-3-5-14(8-12)18(2)10-15(19)13-6-7-16-17(9-13)21-11-20-16/h3-9,15,19H,10-11H2,1-2H3. The van der Waals surface area contributed by atoms with Crippen LogP contribution in [0, 0.1) is 6.92 Å². The molecule has 0 aliphatic carbocycles. The zero-order chi connectivity index (χ0) is 14.8. The Morgan fingerprint density at radius 2 is 1.95 bits per heavy atom. The molecule has 0 aromatic heterocycles. The number of rotatable bonds is 4. The highest BCUT2D eigenvalue weighted by Crippen LogP contribution is 2.34. The molecule has 4 heteroatoms. The number of hydrogen-bond acceptors (Lipinski definition) is 4. The summed E-state index contributed by atoms with van der Waals surface area (Å²) in [5, 5.41) is 10.4. The van der Waals surface area contributed by atoms with Crippen LogP contribution in [0.4, 0.5) is 5.69 Å². The third-order valence-corrected chi connectivity index (χ3v) is 3.67. The molecule has 1 heterocycles. The number of aryl methyl sites for hydroxylation is 1. The lowest BCUT2D eigenvalue weighted by Gasteiger charge is -2.23. The van der Waals surface area contributed by atoms with Gasteiger partial charge in [0.05, 0.1) is 6.10 Å². The summed E-state index contributed by atoms with van der Waals surface area (Å²) in [6.07, 6.45) is -0.579. The summed E-state index contributed by atoms with van der Waals surface area (Å²) >= 11 is 0. The third kappa shape index (κ3) is 2.95. The van der Waals surface area contributed by atoms with Gasteiger partial charge >= 0.3 is 0 Å². The quantitative estimate of drug-likeness (QED) is 0.938. The average Bonchev–Trinajstić information content (AvgIpc) is 2.94. The molecule has 0 saturated heterocycles. The molecule has 21 heavy (non-hydrogen) atoms. The van der Waals surface area contributed by atoms with Gasteiger partial charge in [-0.3, -0.25) is 0 Å². The molecule has 0 saturated carbocycles. The predicted octanol–water partition coefficient (Wildman–Crippen LogP) is 2.89. The third-order valence-electron chi connectivity index (χ3n) is 3.67. The van der Waals surface area contributed by atoms with E-state index in [1.807, 2.05) is 42.3 Å². The van der Waals surface area contributed by atoms with Crippen LogP contribution in [0.25, 0.3) is 0 Å². The zero-order valence-electron chi connectivity index (χ0n) is 12.2. The van der Waals surface area contributed by atoms with E-state index in [-0.39, 0.29) is 6.79 Å². The minimum Gasteiger partial charge on any atom is -0.454 e. The molecule has 0 fully saturated rings. The summed E-state index contributed by atoms with van der Waals surface area (Å²) in [6, 6.07) is 13.8. The van der Waals surface area contributed by atoms with Crippen molar-refractivity contribution in [2.24, 2.45) is 0 Å². The average molecular weight is 285 g/mol. The van der Waals surface area contributed by atoms with Crippen LogP contribution in [0.5, 0.6) is 11.5 Å². The van der Waals surface area contributed by atoms with Crippen LogP contribution >= 0.6 is 0 Å². The second-order valence-electron chi connectivity index (χ2n) is 5.35. The first-order valence-electron chi connectivity index (χ1n) is 6.99. The molecule has 110 valence electrons. The smallest absolute Gasteiger partial charge is 0.231 e. The molecule has 1 unspecified atom stereocenters. The number of ether oxygens (including phenoxy) is 2. The van der Waals surface area contributed by atoms with Crippen molar-refractivity contribution in [2.75, 3.05) is 25.3 Å². The van der Waals surface area contributed by atoms with Gasteiger partial charge in [-0.15, -0.1) is 0 Å². The minimum atomic E-state index is -0.579. The van der Waals surface area contributed by atoms with Crippen molar-refractivity contribution in [1.29, 1.82) is 0 Å². The van der Waals surface area contributed by atoms with Crippen LogP contribution in [-0.4, -0.2) is 25.5 Å². The lowest BCUT2D eigenvalue weighted by atomic mass is 10.1. The summed E-state index contributed by atoms with van der Waals surface area (Å²) in [5.41, 5.74) is 3.13. The van der Waals surface area contributed by atoms with Crippen LogP contribution in [0.15, 0.2) is 42.5 Å². The van der Waals surface area contributed by atoms with Gasteiger partial charge in [0.25, 0.3) is 0 Å². The molecule has 1 aliphatic rings. The molecular weight excluding hydrogens is 266 g/mol. The maximum absolute atomic E-state index is 10.4. The van der Waals surface area contributed by atoms with Crippen LogP contribution in [0.1, 0.15) is 17.2 Å². The van der Waals surface area contributed by atoms with Gasteiger partial charge < -0.3 is 19.5 Å². The van der Waals surface area contributed by atoms with Crippen LogP contribution in [0.2, 0.25) is 0 Å².